The third-order valence-corrected chi connectivity index (χ3v) is 5.31. The zero-order chi connectivity index (χ0) is 27.2. The van der Waals surface area contributed by atoms with Gasteiger partial charge in [0.15, 0.2) is 6.10 Å². The van der Waals surface area contributed by atoms with E-state index in [0.29, 0.717) is 23.5 Å². The summed E-state index contributed by atoms with van der Waals surface area (Å²) in [4.78, 5) is 36.4. The van der Waals surface area contributed by atoms with E-state index in [1.54, 1.807) is 78.9 Å². The van der Waals surface area contributed by atoms with Crippen molar-refractivity contribution < 1.29 is 38.8 Å². The number of nitrogens with one attached hydrogen (secondary N) is 1. The maximum absolute atomic E-state index is 12.9. The minimum absolute atomic E-state index is 0.00792. The summed E-state index contributed by atoms with van der Waals surface area (Å²) in [5, 5.41) is 20.4. The molecule has 0 fully saturated rings. The number of imide groups is 1. The maximum atomic E-state index is 12.9. The van der Waals surface area contributed by atoms with Gasteiger partial charge in [-0.05, 0) is 43.2 Å². The molecule has 0 saturated heterocycles. The summed E-state index contributed by atoms with van der Waals surface area (Å²) < 4.78 is 17.7. The molecule has 198 valence electrons. The highest BCUT2D eigenvalue weighted by molar-refractivity contribution is 6.02. The van der Waals surface area contributed by atoms with Crippen LogP contribution in [0.15, 0.2) is 97.1 Å². The molecule has 0 saturated carbocycles. The Hall–Kier alpha value is -4.63. The number of benzene rings is 3. The lowest BCUT2D eigenvalue weighted by molar-refractivity contribution is -0.131. The molecule has 3 N–H and O–H groups in total. The van der Waals surface area contributed by atoms with E-state index < -0.39 is 30.2 Å². The monoisotopic (exact) mass is 519 g/mol. The van der Waals surface area contributed by atoms with Gasteiger partial charge in [0.05, 0.1) is 6.61 Å². The number of hydrogen-bond acceptors (Lipinski definition) is 7. The third kappa shape index (κ3) is 8.79. The number of aliphatic hydroxyl groups excluding tert-OH is 1. The molecule has 0 spiro atoms. The zero-order valence-electron chi connectivity index (χ0n) is 20.6. The first-order valence-corrected chi connectivity index (χ1v) is 12.0. The van der Waals surface area contributed by atoms with Crippen LogP contribution in [0.1, 0.15) is 34.9 Å². The average Bonchev–Trinajstić information content (AvgIpc) is 2.93. The molecule has 9 nitrogen and oxygen atoms in total. The van der Waals surface area contributed by atoms with Gasteiger partial charge in [0.25, 0.3) is 5.91 Å². The van der Waals surface area contributed by atoms with Crippen LogP contribution in [0, 0.1) is 0 Å². The third-order valence-electron chi connectivity index (χ3n) is 5.31. The van der Waals surface area contributed by atoms with Crippen molar-refractivity contribution in [1.29, 1.82) is 0 Å². The molecule has 0 aliphatic heterocycles. The summed E-state index contributed by atoms with van der Waals surface area (Å²) in [5.74, 6) is -0.858. The number of allylic oxidation sites excluding steroid dienone is 1. The van der Waals surface area contributed by atoms with Gasteiger partial charge in [0.2, 0.25) is 0 Å². The van der Waals surface area contributed by atoms with Gasteiger partial charge in [0.1, 0.15) is 24.2 Å². The number of ether oxygens (including phenoxy) is 3. The molecule has 0 heterocycles. The Bertz CT molecular complexity index is 1210. The molecular formula is C29H29NO8. The van der Waals surface area contributed by atoms with Crippen LogP contribution in [0.3, 0.4) is 0 Å². The first kappa shape index (κ1) is 27.9. The minimum atomic E-state index is -1.08. The van der Waals surface area contributed by atoms with E-state index in [1.165, 1.54) is 6.08 Å². The molecule has 3 rings (SSSR count). The van der Waals surface area contributed by atoms with Crippen molar-refractivity contribution in [3.05, 3.63) is 108 Å². The molecule has 2 amide bonds. The molecular weight excluding hydrogens is 490 g/mol. The van der Waals surface area contributed by atoms with Crippen molar-refractivity contribution in [2.24, 2.45) is 0 Å². The SMILES string of the molecule is O=C(O)/C=C/CC[C@H](Oc1ccccc1)[C@@H](OC(=O)NC(=O)c1ccccc1)c1ccccc1OCCO. The Morgan fingerprint density at radius 1 is 0.895 bits per heavy atom. The van der Waals surface area contributed by atoms with E-state index in [1.807, 2.05) is 6.07 Å². The number of carbonyl (C=O) groups is 3. The number of aliphatic carboxylic acids is 1. The van der Waals surface area contributed by atoms with Gasteiger partial charge in [-0.25, -0.2) is 9.59 Å². The molecule has 0 unspecified atom stereocenters. The van der Waals surface area contributed by atoms with Crippen LogP contribution in [0.5, 0.6) is 11.5 Å². The van der Waals surface area contributed by atoms with Gasteiger partial charge in [-0.3, -0.25) is 10.1 Å². The van der Waals surface area contributed by atoms with Gasteiger partial charge < -0.3 is 24.4 Å². The number of aliphatic hydroxyl groups is 1. The summed E-state index contributed by atoms with van der Waals surface area (Å²) in [5.41, 5.74) is 0.731. The molecule has 9 heteroatoms. The second kappa shape index (κ2) is 14.8. The molecule has 0 aromatic heterocycles. The summed E-state index contributed by atoms with van der Waals surface area (Å²) in [7, 11) is 0. The van der Waals surface area contributed by atoms with Crippen molar-refractivity contribution in [3.8, 4) is 11.5 Å². The van der Waals surface area contributed by atoms with Crippen LogP contribution in [0.4, 0.5) is 4.79 Å². The molecule has 38 heavy (non-hydrogen) atoms. The highest BCUT2D eigenvalue weighted by atomic mass is 16.6. The smallest absolute Gasteiger partial charge is 0.414 e. The van der Waals surface area contributed by atoms with Crippen molar-refractivity contribution in [1.82, 2.24) is 5.32 Å². The highest BCUT2D eigenvalue weighted by Crippen LogP contribution is 2.34. The van der Waals surface area contributed by atoms with E-state index in [2.05, 4.69) is 5.32 Å². The van der Waals surface area contributed by atoms with Crippen molar-refractivity contribution in [2.75, 3.05) is 13.2 Å². The fourth-order valence-corrected chi connectivity index (χ4v) is 3.63. The predicted molar refractivity (Wildman–Crippen MR) is 139 cm³/mol. The number of carboxylic acid groups (broad SMARTS) is 1. The van der Waals surface area contributed by atoms with Crippen molar-refractivity contribution in [2.45, 2.75) is 25.0 Å². The number of amides is 2. The number of rotatable bonds is 13. The van der Waals surface area contributed by atoms with E-state index in [4.69, 9.17) is 19.3 Å². The molecule has 2 atom stereocenters. The lowest BCUT2D eigenvalue weighted by atomic mass is 9.99. The van der Waals surface area contributed by atoms with Crippen LogP contribution < -0.4 is 14.8 Å². The number of carboxylic acids is 1. The number of hydrogen-bond donors (Lipinski definition) is 3. The molecule has 0 aliphatic rings. The predicted octanol–water partition coefficient (Wildman–Crippen LogP) is 4.53. The van der Waals surface area contributed by atoms with Crippen molar-refractivity contribution >= 4 is 18.0 Å². The van der Waals surface area contributed by atoms with E-state index in [9.17, 15) is 19.5 Å². The fraction of sp³-hybridized carbons (Fsp3) is 0.207. The Morgan fingerprint density at radius 2 is 1.55 bits per heavy atom. The Labute approximate surface area is 220 Å². The average molecular weight is 520 g/mol. The van der Waals surface area contributed by atoms with E-state index in [-0.39, 0.29) is 25.2 Å². The fourth-order valence-electron chi connectivity index (χ4n) is 3.63. The second-order valence-electron chi connectivity index (χ2n) is 8.04. The summed E-state index contributed by atoms with van der Waals surface area (Å²) in [6, 6.07) is 23.9. The van der Waals surface area contributed by atoms with Crippen molar-refractivity contribution in [3.63, 3.8) is 0 Å². The normalized spacial score (nSPS) is 12.3. The van der Waals surface area contributed by atoms with Gasteiger partial charge in [-0.15, -0.1) is 0 Å². The minimum Gasteiger partial charge on any atom is -0.491 e. The van der Waals surface area contributed by atoms with Gasteiger partial charge in [-0.1, -0.05) is 60.7 Å². The molecule has 3 aromatic carbocycles. The summed E-state index contributed by atoms with van der Waals surface area (Å²) in [6.07, 6.45) is 0.209. The number of alkyl carbamates (subject to hydrolysis) is 1. The standard InChI is InChI=1S/C29H29NO8/c31-19-20-36-24-16-8-7-15-23(24)27(38-29(35)30-28(34)21-11-3-1-4-12-21)25(17-9-10-18-26(32)33)37-22-13-5-2-6-14-22/h1-8,10-16,18,25,27,31H,9,17,19-20H2,(H,32,33)(H,30,34,35)/b18-10+/t25-,27-/m0/s1. The Morgan fingerprint density at radius 3 is 2.24 bits per heavy atom. The lowest BCUT2D eigenvalue weighted by Crippen LogP contribution is -2.36. The van der Waals surface area contributed by atoms with E-state index >= 15 is 0 Å². The first-order valence-electron chi connectivity index (χ1n) is 12.0. The summed E-state index contributed by atoms with van der Waals surface area (Å²) in [6.45, 7) is -0.218. The quantitative estimate of drug-likeness (QED) is 0.281. The number of carbonyl (C=O) groups excluding carboxylic acids is 2. The van der Waals surface area contributed by atoms with Gasteiger partial charge >= 0.3 is 12.1 Å². The number of para-hydroxylation sites is 2. The highest BCUT2D eigenvalue weighted by Gasteiger charge is 2.32. The van der Waals surface area contributed by atoms with Crippen LogP contribution in [0.25, 0.3) is 0 Å². The maximum Gasteiger partial charge on any atom is 0.414 e. The largest absolute Gasteiger partial charge is 0.491 e. The second-order valence-corrected chi connectivity index (χ2v) is 8.04. The van der Waals surface area contributed by atoms with E-state index in [0.717, 1.165) is 6.08 Å². The molecule has 0 aliphatic carbocycles. The summed E-state index contributed by atoms with van der Waals surface area (Å²) >= 11 is 0. The molecule has 0 radical (unpaired) electrons. The Kier molecular flexibility index (Phi) is 10.9. The van der Waals surface area contributed by atoms with Crippen LogP contribution in [-0.2, 0) is 9.53 Å². The van der Waals surface area contributed by atoms with Gasteiger partial charge in [-0.2, -0.15) is 0 Å². The van der Waals surface area contributed by atoms with Gasteiger partial charge in [0, 0.05) is 17.2 Å². The lowest BCUT2D eigenvalue weighted by Gasteiger charge is -2.29. The zero-order valence-corrected chi connectivity index (χ0v) is 20.6. The molecule has 0 bridgehead atoms. The first-order chi connectivity index (χ1) is 18.5. The van der Waals surface area contributed by atoms with Crippen LogP contribution in [-0.4, -0.2) is 47.5 Å². The van der Waals surface area contributed by atoms with Crippen LogP contribution in [0.2, 0.25) is 0 Å². The molecule has 3 aromatic rings. The van der Waals surface area contributed by atoms with Crippen LogP contribution >= 0.6 is 0 Å². The topological polar surface area (TPSA) is 131 Å². The Balaban J connectivity index is 1.93.